The van der Waals surface area contributed by atoms with Crippen LogP contribution in [0, 0.1) is 5.41 Å². The second-order valence-electron chi connectivity index (χ2n) is 7.85. The average molecular weight is 498 g/mol. The minimum absolute atomic E-state index is 0.0856. The monoisotopic (exact) mass is 497 g/mol. The number of nitrogens with zero attached hydrogens (tertiary/aromatic N) is 2. The minimum Gasteiger partial charge on any atom is -0.493 e. The van der Waals surface area contributed by atoms with Crippen molar-refractivity contribution in [3.8, 4) is 17.2 Å². The van der Waals surface area contributed by atoms with Gasteiger partial charge in [-0.3, -0.25) is 15.1 Å². The lowest BCUT2D eigenvalue weighted by atomic mass is 10.1. The van der Waals surface area contributed by atoms with Crippen molar-refractivity contribution in [1.82, 2.24) is 4.90 Å². The Morgan fingerprint density at radius 3 is 2.42 bits per heavy atom. The fraction of sp³-hybridized carbons (Fsp3) is 0.107. The zero-order valence-electron chi connectivity index (χ0n) is 19.5. The molecular weight excluding hydrogens is 474 g/mol. The lowest BCUT2D eigenvalue weighted by molar-refractivity contribution is -0.114. The van der Waals surface area contributed by atoms with E-state index in [1.165, 1.54) is 11.8 Å². The maximum atomic E-state index is 12.8. The van der Waals surface area contributed by atoms with Crippen LogP contribution < -0.4 is 14.2 Å². The molecule has 3 aromatic carbocycles. The highest BCUT2D eigenvalue weighted by Gasteiger charge is 2.36. The van der Waals surface area contributed by atoms with Crippen LogP contribution in [0.1, 0.15) is 11.1 Å². The van der Waals surface area contributed by atoms with Crippen molar-refractivity contribution in [3.63, 3.8) is 0 Å². The molecule has 0 bridgehead atoms. The molecule has 0 atom stereocenters. The van der Waals surface area contributed by atoms with Crippen LogP contribution in [0.15, 0.2) is 94.8 Å². The van der Waals surface area contributed by atoms with Gasteiger partial charge < -0.3 is 14.2 Å². The second kappa shape index (κ2) is 10.5. The summed E-state index contributed by atoms with van der Waals surface area (Å²) in [4.78, 5) is 18.7. The molecule has 1 N–H and O–H groups in total. The molecule has 0 spiro atoms. The van der Waals surface area contributed by atoms with Crippen LogP contribution in [-0.2, 0) is 4.79 Å². The largest absolute Gasteiger partial charge is 0.493 e. The Morgan fingerprint density at radius 2 is 1.67 bits per heavy atom. The third-order valence-corrected chi connectivity index (χ3v) is 6.36. The highest BCUT2D eigenvalue weighted by Crippen LogP contribution is 2.37. The number of fused-ring (bicyclic) bond motifs is 1. The van der Waals surface area contributed by atoms with Gasteiger partial charge in [-0.1, -0.05) is 66.4 Å². The van der Waals surface area contributed by atoms with E-state index in [1.807, 2.05) is 72.1 Å². The number of amides is 1. The molecule has 0 unspecified atom stereocenters. The van der Waals surface area contributed by atoms with E-state index in [0.29, 0.717) is 35.4 Å². The molecule has 5 rings (SSSR count). The summed E-state index contributed by atoms with van der Waals surface area (Å²) in [5, 5.41) is 11.2. The molecule has 7 nitrogen and oxygen atoms in total. The zero-order chi connectivity index (χ0) is 24.9. The molecule has 0 saturated carbocycles. The number of ether oxygens (including phenoxy) is 3. The van der Waals surface area contributed by atoms with Crippen molar-refractivity contribution in [1.29, 1.82) is 5.41 Å². The van der Waals surface area contributed by atoms with Gasteiger partial charge in [0.05, 0.1) is 18.4 Å². The number of para-hydroxylation sites is 1. The first-order valence-corrected chi connectivity index (χ1v) is 12.2. The summed E-state index contributed by atoms with van der Waals surface area (Å²) >= 11 is 1.34. The standard InChI is InChI=1S/C28H23N3O4S/c1-33-25-17-19(12-13-24(25)35-15-14-34-21-10-6-3-7-11-21)16-22-26(29)31-23(20-8-4-2-5-9-20)18-36-28(31)30-27(22)32/h2-13,16-18,29H,14-15H2,1H3/b22-16+,29-26?. The molecule has 2 heterocycles. The quantitative estimate of drug-likeness (QED) is 0.329. The molecule has 0 radical (unpaired) electrons. The van der Waals surface area contributed by atoms with E-state index in [0.717, 1.165) is 17.0 Å². The molecule has 0 aliphatic carbocycles. The number of carbonyl (C=O) groups excluding carboxylic acids is 1. The van der Waals surface area contributed by atoms with Gasteiger partial charge in [0.1, 0.15) is 24.8 Å². The molecule has 2 aliphatic heterocycles. The van der Waals surface area contributed by atoms with Gasteiger partial charge in [0.25, 0.3) is 5.91 Å². The van der Waals surface area contributed by atoms with Crippen LogP contribution in [0.3, 0.4) is 0 Å². The Balaban J connectivity index is 1.32. The maximum Gasteiger partial charge on any atom is 0.283 e. The van der Waals surface area contributed by atoms with E-state index in [-0.39, 0.29) is 11.4 Å². The summed E-state index contributed by atoms with van der Waals surface area (Å²) in [6.07, 6.45) is 1.65. The number of hydrogen-bond donors (Lipinski definition) is 1. The van der Waals surface area contributed by atoms with Crippen LogP contribution in [0.2, 0.25) is 0 Å². The molecular formula is C28H23N3O4S. The van der Waals surface area contributed by atoms with Crippen molar-refractivity contribution < 1.29 is 19.0 Å². The molecule has 0 fully saturated rings. The van der Waals surface area contributed by atoms with E-state index in [9.17, 15) is 4.79 Å². The van der Waals surface area contributed by atoms with E-state index in [2.05, 4.69) is 4.99 Å². The van der Waals surface area contributed by atoms with Crippen LogP contribution in [-0.4, -0.2) is 42.1 Å². The van der Waals surface area contributed by atoms with Crippen LogP contribution in [0.25, 0.3) is 11.8 Å². The third-order valence-electron chi connectivity index (χ3n) is 5.54. The van der Waals surface area contributed by atoms with Gasteiger partial charge in [-0.25, -0.2) is 0 Å². The summed E-state index contributed by atoms with van der Waals surface area (Å²) in [7, 11) is 1.56. The third kappa shape index (κ3) is 4.89. The fourth-order valence-corrected chi connectivity index (χ4v) is 4.69. The highest BCUT2D eigenvalue weighted by molar-refractivity contribution is 8.17. The number of thioether (sulfide) groups is 1. The van der Waals surface area contributed by atoms with E-state index >= 15 is 0 Å². The molecule has 2 aliphatic rings. The predicted octanol–water partition coefficient (Wildman–Crippen LogP) is 5.46. The normalized spacial score (nSPS) is 15.9. The topological polar surface area (TPSA) is 84.2 Å². The lowest BCUT2D eigenvalue weighted by Crippen LogP contribution is -2.38. The van der Waals surface area contributed by atoms with Crippen LogP contribution >= 0.6 is 11.8 Å². The SMILES string of the molecule is COc1cc(/C=C2\C(=N)N3C(c4ccccc4)=CSC3=NC2=O)ccc1OCCOc1ccccc1. The Labute approximate surface area is 213 Å². The molecule has 36 heavy (non-hydrogen) atoms. The van der Waals surface area contributed by atoms with E-state index in [4.69, 9.17) is 19.6 Å². The van der Waals surface area contributed by atoms with Gasteiger partial charge in [-0.15, -0.1) is 0 Å². The summed E-state index contributed by atoms with van der Waals surface area (Å²) in [6.45, 7) is 0.726. The number of carbonyl (C=O) groups is 1. The first kappa shape index (κ1) is 23.4. The number of aliphatic imine (C=N–C) groups is 1. The number of benzene rings is 3. The van der Waals surface area contributed by atoms with Gasteiger partial charge in [-0.05, 0) is 41.5 Å². The number of amidine groups is 2. The van der Waals surface area contributed by atoms with E-state index < -0.39 is 5.91 Å². The van der Waals surface area contributed by atoms with Gasteiger partial charge in [0, 0.05) is 5.41 Å². The van der Waals surface area contributed by atoms with Crippen molar-refractivity contribution in [2.75, 3.05) is 20.3 Å². The molecule has 1 amide bonds. The summed E-state index contributed by atoms with van der Waals surface area (Å²) in [6, 6.07) is 24.7. The zero-order valence-corrected chi connectivity index (χ0v) is 20.3. The van der Waals surface area contributed by atoms with Gasteiger partial charge in [-0.2, -0.15) is 4.99 Å². The number of nitrogens with one attached hydrogen (secondary N) is 1. The van der Waals surface area contributed by atoms with Gasteiger partial charge in [0.15, 0.2) is 16.7 Å². The molecule has 0 saturated heterocycles. The molecule has 0 aromatic heterocycles. The first-order valence-electron chi connectivity index (χ1n) is 11.3. The number of rotatable bonds is 8. The van der Waals surface area contributed by atoms with Crippen LogP contribution in [0.4, 0.5) is 0 Å². The smallest absolute Gasteiger partial charge is 0.283 e. The summed E-state index contributed by atoms with van der Waals surface area (Å²) in [5.74, 6) is 1.50. The molecule has 180 valence electrons. The van der Waals surface area contributed by atoms with Gasteiger partial charge in [0.2, 0.25) is 0 Å². The first-order chi connectivity index (χ1) is 17.6. The Kier molecular flexibility index (Phi) is 6.86. The Bertz CT molecular complexity index is 1380. The predicted molar refractivity (Wildman–Crippen MR) is 142 cm³/mol. The van der Waals surface area contributed by atoms with Crippen molar-refractivity contribution in [3.05, 3.63) is 101 Å². The van der Waals surface area contributed by atoms with Crippen molar-refractivity contribution in [2.45, 2.75) is 0 Å². The maximum absolute atomic E-state index is 12.8. The van der Waals surface area contributed by atoms with Crippen molar-refractivity contribution in [2.24, 2.45) is 4.99 Å². The summed E-state index contributed by atoms with van der Waals surface area (Å²) < 4.78 is 17.0. The Hall–Kier alpha value is -4.30. The van der Waals surface area contributed by atoms with Gasteiger partial charge >= 0.3 is 0 Å². The highest BCUT2D eigenvalue weighted by atomic mass is 32.2. The average Bonchev–Trinajstić information content (AvgIpc) is 3.34. The summed E-state index contributed by atoms with van der Waals surface area (Å²) in [5.41, 5.74) is 2.67. The Morgan fingerprint density at radius 1 is 0.944 bits per heavy atom. The molecule has 3 aromatic rings. The van der Waals surface area contributed by atoms with Crippen LogP contribution in [0.5, 0.6) is 17.2 Å². The lowest BCUT2D eigenvalue weighted by Gasteiger charge is -2.27. The number of hydrogen-bond acceptors (Lipinski definition) is 6. The fourth-order valence-electron chi connectivity index (χ4n) is 3.80. The number of methoxy groups -OCH3 is 1. The van der Waals surface area contributed by atoms with E-state index in [1.54, 1.807) is 30.2 Å². The minimum atomic E-state index is -0.446. The molecule has 8 heteroatoms. The second-order valence-corrected chi connectivity index (χ2v) is 8.69. The van der Waals surface area contributed by atoms with Crippen molar-refractivity contribution >= 4 is 40.4 Å².